The Hall–Kier alpha value is -1.10. The van der Waals surface area contributed by atoms with Gasteiger partial charge >= 0.3 is 0 Å². The molecule has 0 aromatic heterocycles. The monoisotopic (exact) mass is 275 g/mol. The number of fused-ring (bicyclic) bond motifs is 1. The van der Waals surface area contributed by atoms with E-state index in [0.29, 0.717) is 12.0 Å². The van der Waals surface area contributed by atoms with Crippen LogP contribution in [0.2, 0.25) is 0 Å². The highest BCUT2D eigenvalue weighted by atomic mass is 16.5. The van der Waals surface area contributed by atoms with Crippen molar-refractivity contribution >= 4 is 0 Å². The molecule has 2 aliphatic heterocycles. The fourth-order valence-electron chi connectivity index (χ4n) is 3.14. The van der Waals surface area contributed by atoms with Crippen LogP contribution < -0.4 is 10.1 Å². The zero-order valence-electron chi connectivity index (χ0n) is 12.5. The summed E-state index contributed by atoms with van der Waals surface area (Å²) in [5.74, 6) is 1.56. The van der Waals surface area contributed by atoms with Gasteiger partial charge in [0.25, 0.3) is 0 Å². The number of benzene rings is 1. The van der Waals surface area contributed by atoms with Crippen molar-refractivity contribution in [3.63, 3.8) is 0 Å². The van der Waals surface area contributed by atoms with Crippen molar-refractivity contribution in [1.29, 1.82) is 0 Å². The number of para-hydroxylation sites is 1. The second-order valence-electron chi connectivity index (χ2n) is 6.10. The molecule has 1 saturated heterocycles. The smallest absolute Gasteiger partial charge is 0.122 e. The van der Waals surface area contributed by atoms with Crippen molar-refractivity contribution in [3.05, 3.63) is 29.8 Å². The number of piperazine rings is 1. The van der Waals surface area contributed by atoms with Gasteiger partial charge in [-0.05, 0) is 20.2 Å². The second-order valence-corrected chi connectivity index (χ2v) is 6.10. The first kappa shape index (κ1) is 13.9. The highest BCUT2D eigenvalue weighted by Gasteiger charge is 2.25. The Labute approximate surface area is 121 Å². The van der Waals surface area contributed by atoms with E-state index in [9.17, 15) is 0 Å². The number of ether oxygens (including phenoxy) is 1. The molecule has 3 rings (SSSR count). The van der Waals surface area contributed by atoms with Crippen LogP contribution in [0.4, 0.5) is 0 Å². The molecule has 1 fully saturated rings. The van der Waals surface area contributed by atoms with E-state index in [0.717, 1.165) is 38.5 Å². The van der Waals surface area contributed by atoms with Crippen LogP contribution >= 0.6 is 0 Å². The lowest BCUT2D eigenvalue weighted by molar-refractivity contribution is 0.113. The molecule has 2 aliphatic rings. The fourth-order valence-corrected chi connectivity index (χ4v) is 3.14. The summed E-state index contributed by atoms with van der Waals surface area (Å²) in [6.45, 7) is 6.37. The predicted molar refractivity (Wildman–Crippen MR) is 81.5 cm³/mol. The largest absolute Gasteiger partial charge is 0.493 e. The zero-order chi connectivity index (χ0) is 13.9. The van der Waals surface area contributed by atoms with Crippen LogP contribution in [0.15, 0.2) is 24.3 Å². The molecule has 1 aromatic carbocycles. The number of hydrogen-bond donors (Lipinski definition) is 1. The van der Waals surface area contributed by atoms with Crippen LogP contribution in [-0.2, 0) is 0 Å². The van der Waals surface area contributed by atoms with Crippen LogP contribution in [0.1, 0.15) is 11.5 Å². The average molecular weight is 275 g/mol. The molecule has 4 heteroatoms. The minimum atomic E-state index is 0.498. The molecule has 4 nitrogen and oxygen atoms in total. The van der Waals surface area contributed by atoms with Crippen molar-refractivity contribution in [2.24, 2.45) is 0 Å². The lowest BCUT2D eigenvalue weighted by atomic mass is 10.0. The first-order valence-electron chi connectivity index (χ1n) is 7.55. The Kier molecular flexibility index (Phi) is 4.24. The van der Waals surface area contributed by atoms with E-state index in [-0.39, 0.29) is 0 Å². The van der Waals surface area contributed by atoms with Gasteiger partial charge in [0.1, 0.15) is 5.75 Å². The third kappa shape index (κ3) is 2.97. The van der Waals surface area contributed by atoms with Crippen LogP contribution in [-0.4, -0.2) is 69.3 Å². The minimum absolute atomic E-state index is 0.498. The number of likely N-dealkylation sites (N-methyl/N-ethyl adjacent to an activating group) is 2. The van der Waals surface area contributed by atoms with E-state index in [4.69, 9.17) is 4.74 Å². The molecule has 0 saturated carbocycles. The van der Waals surface area contributed by atoms with Crippen LogP contribution in [0.25, 0.3) is 0 Å². The van der Waals surface area contributed by atoms with Gasteiger partial charge in [-0.25, -0.2) is 0 Å². The molecule has 1 N–H and O–H groups in total. The summed E-state index contributed by atoms with van der Waals surface area (Å²) in [6, 6.07) is 9.02. The van der Waals surface area contributed by atoms with Crippen molar-refractivity contribution in [2.45, 2.75) is 12.0 Å². The van der Waals surface area contributed by atoms with Gasteiger partial charge in [-0.3, -0.25) is 4.90 Å². The topological polar surface area (TPSA) is 27.7 Å². The highest BCUT2D eigenvalue weighted by molar-refractivity contribution is 5.39. The van der Waals surface area contributed by atoms with Crippen LogP contribution in [0, 0.1) is 0 Å². The fraction of sp³-hybridized carbons (Fsp3) is 0.625. The Bertz CT molecular complexity index is 451. The Morgan fingerprint density at radius 2 is 2.05 bits per heavy atom. The Morgan fingerprint density at radius 3 is 2.95 bits per heavy atom. The molecular weight excluding hydrogens is 250 g/mol. The molecule has 20 heavy (non-hydrogen) atoms. The minimum Gasteiger partial charge on any atom is -0.493 e. The Morgan fingerprint density at radius 1 is 1.20 bits per heavy atom. The summed E-state index contributed by atoms with van der Waals surface area (Å²) < 4.78 is 5.73. The molecule has 0 bridgehead atoms. The lowest BCUT2D eigenvalue weighted by Gasteiger charge is -2.38. The summed E-state index contributed by atoms with van der Waals surface area (Å²) in [7, 11) is 4.44. The third-order valence-electron chi connectivity index (χ3n) is 4.55. The van der Waals surface area contributed by atoms with Gasteiger partial charge in [-0.2, -0.15) is 0 Å². The quantitative estimate of drug-likeness (QED) is 0.887. The number of hydrogen-bond acceptors (Lipinski definition) is 4. The number of nitrogens with zero attached hydrogens (tertiary/aromatic N) is 2. The molecule has 2 unspecified atom stereocenters. The van der Waals surface area contributed by atoms with Gasteiger partial charge in [0, 0.05) is 50.2 Å². The van der Waals surface area contributed by atoms with Crippen molar-refractivity contribution in [1.82, 2.24) is 15.1 Å². The molecule has 0 amide bonds. The summed E-state index contributed by atoms with van der Waals surface area (Å²) in [5, 5.41) is 3.64. The SMILES string of the molecule is CN1CCN(C)C(CNCC2COc3ccccc32)C1. The summed E-state index contributed by atoms with van der Waals surface area (Å²) in [5.41, 5.74) is 1.36. The summed E-state index contributed by atoms with van der Waals surface area (Å²) >= 11 is 0. The molecule has 2 heterocycles. The summed E-state index contributed by atoms with van der Waals surface area (Å²) in [4.78, 5) is 4.88. The maximum atomic E-state index is 5.73. The van der Waals surface area contributed by atoms with E-state index in [1.54, 1.807) is 0 Å². The maximum absolute atomic E-state index is 5.73. The van der Waals surface area contributed by atoms with Crippen molar-refractivity contribution in [3.8, 4) is 5.75 Å². The second kappa shape index (κ2) is 6.12. The molecule has 2 atom stereocenters. The van der Waals surface area contributed by atoms with Gasteiger partial charge in [-0.1, -0.05) is 18.2 Å². The average Bonchev–Trinajstić information content (AvgIpc) is 2.86. The highest BCUT2D eigenvalue weighted by Crippen LogP contribution is 2.32. The van der Waals surface area contributed by atoms with Gasteiger partial charge in [-0.15, -0.1) is 0 Å². The van der Waals surface area contributed by atoms with E-state index < -0.39 is 0 Å². The molecule has 1 aromatic rings. The normalized spacial score (nSPS) is 27.3. The molecule has 0 radical (unpaired) electrons. The lowest BCUT2D eigenvalue weighted by Crippen LogP contribution is -2.54. The van der Waals surface area contributed by atoms with Gasteiger partial charge < -0.3 is 15.0 Å². The van der Waals surface area contributed by atoms with E-state index >= 15 is 0 Å². The molecule has 110 valence electrons. The third-order valence-corrected chi connectivity index (χ3v) is 4.55. The van der Waals surface area contributed by atoms with E-state index in [2.05, 4.69) is 47.4 Å². The van der Waals surface area contributed by atoms with Gasteiger partial charge in [0.2, 0.25) is 0 Å². The zero-order valence-corrected chi connectivity index (χ0v) is 12.5. The molecular formula is C16H25N3O. The molecule has 0 spiro atoms. The number of rotatable bonds is 4. The van der Waals surface area contributed by atoms with E-state index in [1.165, 1.54) is 12.1 Å². The maximum Gasteiger partial charge on any atom is 0.122 e. The Balaban J connectivity index is 1.49. The van der Waals surface area contributed by atoms with Gasteiger partial charge in [0.15, 0.2) is 0 Å². The van der Waals surface area contributed by atoms with Crippen LogP contribution in [0.5, 0.6) is 5.75 Å². The van der Waals surface area contributed by atoms with Gasteiger partial charge in [0.05, 0.1) is 6.61 Å². The molecule has 0 aliphatic carbocycles. The summed E-state index contributed by atoms with van der Waals surface area (Å²) in [6.07, 6.45) is 0. The first-order chi connectivity index (χ1) is 9.74. The predicted octanol–water partition coefficient (Wildman–Crippen LogP) is 0.998. The standard InChI is InChI=1S/C16H25N3O/c1-18-7-8-19(2)14(11-18)10-17-9-13-12-20-16-6-4-3-5-15(13)16/h3-6,13-14,17H,7-12H2,1-2H3. The van der Waals surface area contributed by atoms with Crippen LogP contribution in [0.3, 0.4) is 0 Å². The van der Waals surface area contributed by atoms with Crippen molar-refractivity contribution in [2.75, 3.05) is 53.4 Å². The number of nitrogens with one attached hydrogen (secondary N) is 1. The first-order valence-corrected chi connectivity index (χ1v) is 7.55. The van der Waals surface area contributed by atoms with Crippen molar-refractivity contribution < 1.29 is 4.74 Å². The van der Waals surface area contributed by atoms with E-state index in [1.807, 2.05) is 6.07 Å².